The predicted molar refractivity (Wildman–Crippen MR) is 115 cm³/mol. The number of hydrogen-bond acceptors (Lipinski definition) is 7. The van der Waals surface area contributed by atoms with E-state index >= 15 is 0 Å². The summed E-state index contributed by atoms with van der Waals surface area (Å²) in [6.07, 6.45) is 7.07. The highest BCUT2D eigenvalue weighted by atomic mass is 16.5. The summed E-state index contributed by atoms with van der Waals surface area (Å²) in [4.78, 5) is 24.5. The lowest BCUT2D eigenvalue weighted by atomic mass is 10.0. The van der Waals surface area contributed by atoms with Crippen LogP contribution in [0.5, 0.6) is 0 Å². The van der Waals surface area contributed by atoms with Gasteiger partial charge in [0.05, 0.1) is 23.7 Å². The number of esters is 1. The molecular weight excluding hydrogens is 378 g/mol. The fourth-order valence-electron chi connectivity index (χ4n) is 4.35. The lowest BCUT2D eigenvalue weighted by molar-refractivity contribution is -0.145. The van der Waals surface area contributed by atoms with Gasteiger partial charge in [-0.25, -0.2) is 9.97 Å². The van der Waals surface area contributed by atoms with Crippen LogP contribution in [0, 0.1) is 17.2 Å². The predicted octanol–water partition coefficient (Wildman–Crippen LogP) is 3.16. The second-order valence-corrected chi connectivity index (χ2v) is 8.21. The van der Waals surface area contributed by atoms with E-state index in [2.05, 4.69) is 16.3 Å². The van der Waals surface area contributed by atoms with E-state index in [1.165, 1.54) is 25.7 Å². The maximum Gasteiger partial charge on any atom is 0.329 e. The van der Waals surface area contributed by atoms with Gasteiger partial charge in [-0.3, -0.25) is 4.79 Å². The van der Waals surface area contributed by atoms with Crippen molar-refractivity contribution in [3.05, 3.63) is 30.0 Å². The molecule has 1 unspecified atom stereocenters. The molecule has 1 aliphatic heterocycles. The highest BCUT2D eigenvalue weighted by molar-refractivity contribution is 5.85. The summed E-state index contributed by atoms with van der Waals surface area (Å²) in [6.45, 7) is 3.57. The minimum Gasteiger partial charge on any atom is -0.464 e. The number of nitrogens with one attached hydrogen (secondary N) is 1. The Labute approximate surface area is 177 Å². The summed E-state index contributed by atoms with van der Waals surface area (Å²) in [6, 6.07) is 9.71. The third kappa shape index (κ3) is 4.71. The van der Waals surface area contributed by atoms with Crippen molar-refractivity contribution in [3.63, 3.8) is 0 Å². The van der Waals surface area contributed by atoms with Crippen molar-refractivity contribution in [2.45, 2.75) is 44.4 Å². The van der Waals surface area contributed by atoms with Crippen LogP contribution in [0.15, 0.2) is 24.3 Å². The highest BCUT2D eigenvalue weighted by Gasteiger charge is 2.31. The smallest absolute Gasteiger partial charge is 0.329 e. The van der Waals surface area contributed by atoms with Crippen LogP contribution in [0.3, 0.4) is 0 Å². The quantitative estimate of drug-likeness (QED) is 0.601. The first-order chi connectivity index (χ1) is 14.8. The Balaban J connectivity index is 1.59. The molecule has 4 rings (SSSR count). The van der Waals surface area contributed by atoms with Crippen LogP contribution >= 0.6 is 0 Å². The minimum atomic E-state index is -1.07. The summed E-state index contributed by atoms with van der Waals surface area (Å²) in [5, 5.41) is 13.2. The standard InChI is InChI=1S/C23H29N5O2/c24-15-18(23(29)30-16-17-7-3-1-2-4-8-17)21-22(28-13-11-25-12-14-28)27-20-10-6-5-9-19(20)26-21/h5-6,9-10,17-18,25H,1-4,7-8,11-14,16H2. The highest BCUT2D eigenvalue weighted by Crippen LogP contribution is 2.29. The molecule has 0 spiro atoms. The Kier molecular flexibility index (Phi) is 6.75. The lowest BCUT2D eigenvalue weighted by Gasteiger charge is -2.30. The van der Waals surface area contributed by atoms with Crippen LogP contribution in [0.4, 0.5) is 5.82 Å². The number of anilines is 1. The zero-order valence-corrected chi connectivity index (χ0v) is 17.3. The number of hydrogen-bond donors (Lipinski definition) is 1. The molecule has 0 amide bonds. The van der Waals surface area contributed by atoms with E-state index in [0.29, 0.717) is 29.6 Å². The third-order valence-corrected chi connectivity index (χ3v) is 6.07. The largest absolute Gasteiger partial charge is 0.464 e. The Hall–Kier alpha value is -2.72. The average Bonchev–Trinajstić information content (AvgIpc) is 3.07. The molecule has 158 valence electrons. The lowest BCUT2D eigenvalue weighted by Crippen LogP contribution is -2.44. The van der Waals surface area contributed by atoms with Crippen LogP contribution in [-0.4, -0.2) is 48.7 Å². The number of para-hydroxylation sites is 2. The van der Waals surface area contributed by atoms with Crippen LogP contribution in [0.1, 0.15) is 50.1 Å². The first-order valence-electron chi connectivity index (χ1n) is 11.0. The van der Waals surface area contributed by atoms with E-state index in [0.717, 1.165) is 44.5 Å². The molecule has 0 radical (unpaired) electrons. The number of nitrogens with zero attached hydrogens (tertiary/aromatic N) is 4. The summed E-state index contributed by atoms with van der Waals surface area (Å²) in [7, 11) is 0. The number of aromatic nitrogens is 2. The molecule has 7 heteroatoms. The van der Waals surface area contributed by atoms with Crippen LogP contribution < -0.4 is 10.2 Å². The van der Waals surface area contributed by atoms with E-state index < -0.39 is 11.9 Å². The molecule has 1 aromatic carbocycles. The molecule has 1 N–H and O–H groups in total. The minimum absolute atomic E-state index is 0.390. The van der Waals surface area contributed by atoms with Crippen LogP contribution in [0.2, 0.25) is 0 Å². The van der Waals surface area contributed by atoms with Gasteiger partial charge in [0.25, 0.3) is 0 Å². The molecule has 1 saturated carbocycles. The fraction of sp³-hybridized carbons (Fsp3) is 0.565. The van der Waals surface area contributed by atoms with Gasteiger partial charge in [-0.2, -0.15) is 5.26 Å². The molecule has 2 aromatic rings. The normalized spacial score (nSPS) is 19.1. The number of fused-ring (bicyclic) bond motifs is 1. The monoisotopic (exact) mass is 407 g/mol. The van der Waals surface area contributed by atoms with Crippen molar-refractivity contribution in [1.82, 2.24) is 15.3 Å². The topological polar surface area (TPSA) is 91.1 Å². The third-order valence-electron chi connectivity index (χ3n) is 6.07. The number of carbonyl (C=O) groups is 1. The summed E-state index contributed by atoms with van der Waals surface area (Å²) < 4.78 is 5.64. The van der Waals surface area contributed by atoms with Crippen molar-refractivity contribution in [2.75, 3.05) is 37.7 Å². The van der Waals surface area contributed by atoms with Gasteiger partial charge in [0.1, 0.15) is 5.69 Å². The van der Waals surface area contributed by atoms with Crippen molar-refractivity contribution in [1.29, 1.82) is 5.26 Å². The van der Waals surface area contributed by atoms with Crippen molar-refractivity contribution < 1.29 is 9.53 Å². The van der Waals surface area contributed by atoms with Crippen LogP contribution in [0.25, 0.3) is 11.0 Å². The average molecular weight is 408 g/mol. The molecule has 7 nitrogen and oxygen atoms in total. The number of rotatable bonds is 5. The van der Waals surface area contributed by atoms with E-state index in [4.69, 9.17) is 14.7 Å². The van der Waals surface area contributed by atoms with Gasteiger partial charge in [0.2, 0.25) is 0 Å². The molecule has 0 bridgehead atoms. The Bertz CT molecular complexity index is 911. The summed E-state index contributed by atoms with van der Waals surface area (Å²) in [5.41, 5.74) is 1.85. The van der Waals surface area contributed by atoms with Gasteiger partial charge in [0, 0.05) is 26.2 Å². The maximum atomic E-state index is 12.9. The number of ether oxygens (including phenoxy) is 1. The van der Waals surface area contributed by atoms with E-state index in [1.54, 1.807) is 0 Å². The van der Waals surface area contributed by atoms with Gasteiger partial charge in [-0.15, -0.1) is 0 Å². The number of piperazine rings is 1. The molecule has 1 atom stereocenters. The van der Waals surface area contributed by atoms with E-state index in [-0.39, 0.29) is 0 Å². The van der Waals surface area contributed by atoms with Crippen molar-refractivity contribution >= 4 is 22.8 Å². The first kappa shape index (κ1) is 20.5. The molecule has 1 aliphatic carbocycles. The van der Waals surface area contributed by atoms with Gasteiger partial charge in [0.15, 0.2) is 11.7 Å². The van der Waals surface area contributed by atoms with Gasteiger partial charge in [-0.1, -0.05) is 37.8 Å². The maximum absolute atomic E-state index is 12.9. The Morgan fingerprint density at radius 3 is 2.47 bits per heavy atom. The molecule has 1 saturated heterocycles. The zero-order chi connectivity index (χ0) is 20.8. The van der Waals surface area contributed by atoms with E-state index in [9.17, 15) is 10.1 Å². The molecule has 2 heterocycles. The van der Waals surface area contributed by atoms with Gasteiger partial charge >= 0.3 is 5.97 Å². The second kappa shape index (κ2) is 9.86. The van der Waals surface area contributed by atoms with Crippen molar-refractivity contribution in [2.24, 2.45) is 5.92 Å². The SMILES string of the molecule is N#CC(C(=O)OCC1CCCCCC1)c1nc2ccccc2nc1N1CCNCC1. The fourth-order valence-corrected chi connectivity index (χ4v) is 4.35. The van der Waals surface area contributed by atoms with Gasteiger partial charge < -0.3 is 15.0 Å². The molecule has 30 heavy (non-hydrogen) atoms. The Morgan fingerprint density at radius 2 is 1.80 bits per heavy atom. The number of benzene rings is 1. The molecular formula is C23H29N5O2. The molecule has 2 aliphatic rings. The van der Waals surface area contributed by atoms with E-state index in [1.807, 2.05) is 24.3 Å². The summed E-state index contributed by atoms with van der Waals surface area (Å²) >= 11 is 0. The number of carbonyl (C=O) groups excluding carboxylic acids is 1. The van der Waals surface area contributed by atoms with Gasteiger partial charge in [-0.05, 0) is 30.9 Å². The molecule has 1 aromatic heterocycles. The molecule has 2 fully saturated rings. The van der Waals surface area contributed by atoms with Crippen molar-refractivity contribution in [3.8, 4) is 6.07 Å². The number of nitriles is 1. The first-order valence-corrected chi connectivity index (χ1v) is 11.0. The summed E-state index contributed by atoms with van der Waals surface area (Å²) in [5.74, 6) is -0.570. The zero-order valence-electron chi connectivity index (χ0n) is 17.3. The Morgan fingerprint density at radius 1 is 1.13 bits per heavy atom. The second-order valence-electron chi connectivity index (χ2n) is 8.21. The van der Waals surface area contributed by atoms with Crippen LogP contribution in [-0.2, 0) is 9.53 Å².